The maximum atomic E-state index is 12.3. The van der Waals surface area contributed by atoms with Gasteiger partial charge in [0.1, 0.15) is 0 Å². The van der Waals surface area contributed by atoms with E-state index in [1.165, 1.54) is 0 Å². The fraction of sp³-hybridized carbons (Fsp3) is 0.556. The highest BCUT2D eigenvalue weighted by Gasteiger charge is 2.23. The molecule has 5 nitrogen and oxygen atoms in total. The Bertz CT molecular complexity index is 534. The molecule has 2 rings (SSSR count). The largest absolute Gasteiger partial charge is 0.338 e. The SMILES string of the molecule is Cc1ccc(NC(=O)C[NH+](C)CC(=O)N2CCC(C)CC2)cc1. The van der Waals surface area contributed by atoms with E-state index in [2.05, 4.69) is 12.2 Å². The van der Waals surface area contributed by atoms with Crippen molar-refractivity contribution in [2.75, 3.05) is 38.5 Å². The average molecular weight is 318 g/mol. The fourth-order valence-electron chi connectivity index (χ4n) is 2.81. The van der Waals surface area contributed by atoms with Crippen LogP contribution in [-0.2, 0) is 9.59 Å². The summed E-state index contributed by atoms with van der Waals surface area (Å²) in [5.74, 6) is 0.799. The number of nitrogens with one attached hydrogen (secondary N) is 2. The van der Waals surface area contributed by atoms with Crippen molar-refractivity contribution in [2.45, 2.75) is 26.7 Å². The van der Waals surface area contributed by atoms with Crippen LogP contribution in [0.4, 0.5) is 5.69 Å². The van der Waals surface area contributed by atoms with Gasteiger partial charge in [-0.25, -0.2) is 0 Å². The van der Waals surface area contributed by atoms with E-state index in [1.54, 1.807) is 0 Å². The highest BCUT2D eigenvalue weighted by Crippen LogP contribution is 2.15. The van der Waals surface area contributed by atoms with Crippen LogP contribution in [0, 0.1) is 12.8 Å². The number of hydrogen-bond acceptors (Lipinski definition) is 2. The Morgan fingerprint density at radius 2 is 1.78 bits per heavy atom. The molecule has 126 valence electrons. The summed E-state index contributed by atoms with van der Waals surface area (Å²) in [6.07, 6.45) is 2.16. The van der Waals surface area contributed by atoms with E-state index in [0.717, 1.165) is 42.1 Å². The number of likely N-dealkylation sites (N-methyl/N-ethyl adjacent to an activating group) is 1. The third-order valence-electron chi connectivity index (χ3n) is 4.39. The first-order valence-corrected chi connectivity index (χ1v) is 8.39. The molecule has 23 heavy (non-hydrogen) atoms. The molecule has 1 aliphatic rings. The lowest BCUT2D eigenvalue weighted by molar-refractivity contribution is -0.862. The third-order valence-corrected chi connectivity index (χ3v) is 4.39. The maximum Gasteiger partial charge on any atom is 0.279 e. The van der Waals surface area contributed by atoms with Gasteiger partial charge in [-0.1, -0.05) is 24.6 Å². The van der Waals surface area contributed by atoms with Crippen molar-refractivity contribution < 1.29 is 14.5 Å². The van der Waals surface area contributed by atoms with E-state index in [-0.39, 0.29) is 11.8 Å². The summed E-state index contributed by atoms with van der Waals surface area (Å²) in [4.78, 5) is 27.2. The van der Waals surface area contributed by atoms with Crippen LogP contribution in [0.1, 0.15) is 25.3 Å². The van der Waals surface area contributed by atoms with Gasteiger partial charge >= 0.3 is 0 Å². The molecule has 0 aromatic heterocycles. The first kappa shape index (κ1) is 17.5. The predicted octanol–water partition coefficient (Wildman–Crippen LogP) is 0.707. The molecule has 0 aliphatic carbocycles. The summed E-state index contributed by atoms with van der Waals surface area (Å²) in [5.41, 5.74) is 1.96. The summed E-state index contributed by atoms with van der Waals surface area (Å²) < 4.78 is 0. The lowest BCUT2D eigenvalue weighted by Crippen LogP contribution is -3.11. The second kappa shape index (κ2) is 8.11. The van der Waals surface area contributed by atoms with E-state index in [9.17, 15) is 9.59 Å². The van der Waals surface area contributed by atoms with Crippen LogP contribution in [0.3, 0.4) is 0 Å². The number of benzene rings is 1. The van der Waals surface area contributed by atoms with Gasteiger partial charge < -0.3 is 15.1 Å². The molecule has 1 aromatic rings. The molecule has 0 bridgehead atoms. The summed E-state index contributed by atoms with van der Waals surface area (Å²) in [5, 5.41) is 2.87. The van der Waals surface area contributed by atoms with Crippen LogP contribution in [-0.4, -0.2) is 49.9 Å². The molecule has 1 heterocycles. The van der Waals surface area contributed by atoms with Crippen LogP contribution >= 0.6 is 0 Å². The summed E-state index contributed by atoms with van der Waals surface area (Å²) in [7, 11) is 1.89. The number of hydrogen-bond donors (Lipinski definition) is 2. The Hall–Kier alpha value is -1.88. The molecule has 0 saturated carbocycles. The van der Waals surface area contributed by atoms with Gasteiger partial charge in [0.15, 0.2) is 13.1 Å². The van der Waals surface area contributed by atoms with Crippen molar-refractivity contribution in [2.24, 2.45) is 5.92 Å². The summed E-state index contributed by atoms with van der Waals surface area (Å²) >= 11 is 0. The Balaban J connectivity index is 1.75. The number of piperidine rings is 1. The second-order valence-electron chi connectivity index (χ2n) is 6.79. The van der Waals surface area contributed by atoms with E-state index in [1.807, 2.05) is 43.1 Å². The van der Waals surface area contributed by atoms with Crippen molar-refractivity contribution in [3.63, 3.8) is 0 Å². The highest BCUT2D eigenvalue weighted by atomic mass is 16.2. The zero-order valence-corrected chi connectivity index (χ0v) is 14.4. The smallest absolute Gasteiger partial charge is 0.279 e. The molecule has 1 atom stereocenters. The van der Waals surface area contributed by atoms with Crippen LogP contribution in [0.25, 0.3) is 0 Å². The quantitative estimate of drug-likeness (QED) is 0.840. The number of carbonyl (C=O) groups is 2. The molecule has 1 aliphatic heterocycles. The monoisotopic (exact) mass is 318 g/mol. The van der Waals surface area contributed by atoms with Gasteiger partial charge in [0.2, 0.25) is 0 Å². The number of rotatable bonds is 5. The van der Waals surface area contributed by atoms with Gasteiger partial charge in [0.25, 0.3) is 11.8 Å². The Morgan fingerprint density at radius 1 is 1.17 bits per heavy atom. The van der Waals surface area contributed by atoms with Gasteiger partial charge in [-0.3, -0.25) is 9.59 Å². The normalized spacial score (nSPS) is 16.9. The molecule has 1 fully saturated rings. The molecule has 1 unspecified atom stereocenters. The minimum absolute atomic E-state index is 0.0635. The zero-order chi connectivity index (χ0) is 16.8. The zero-order valence-electron chi connectivity index (χ0n) is 14.4. The molecule has 0 radical (unpaired) electrons. The van der Waals surface area contributed by atoms with Gasteiger partial charge in [0.05, 0.1) is 7.05 Å². The van der Waals surface area contributed by atoms with Gasteiger partial charge in [-0.2, -0.15) is 0 Å². The predicted molar refractivity (Wildman–Crippen MR) is 91.4 cm³/mol. The van der Waals surface area contributed by atoms with Crippen molar-refractivity contribution in [3.05, 3.63) is 29.8 Å². The fourth-order valence-corrected chi connectivity index (χ4v) is 2.81. The Labute approximate surface area is 138 Å². The topological polar surface area (TPSA) is 53.9 Å². The minimum Gasteiger partial charge on any atom is -0.338 e. The first-order valence-electron chi connectivity index (χ1n) is 8.39. The van der Waals surface area contributed by atoms with Gasteiger partial charge in [-0.05, 0) is 37.8 Å². The standard InChI is InChI=1S/C18H27N3O2/c1-14-4-6-16(7-5-14)19-17(22)12-20(3)13-18(23)21-10-8-15(2)9-11-21/h4-7,15H,8-13H2,1-3H3,(H,19,22)/p+1. The molecule has 1 saturated heterocycles. The van der Waals surface area contributed by atoms with E-state index < -0.39 is 0 Å². The lowest BCUT2D eigenvalue weighted by atomic mass is 9.99. The number of likely N-dealkylation sites (tertiary alicyclic amines) is 1. The molecule has 2 amide bonds. The highest BCUT2D eigenvalue weighted by molar-refractivity contribution is 5.91. The number of carbonyl (C=O) groups excluding carboxylic acids is 2. The van der Waals surface area contributed by atoms with E-state index in [4.69, 9.17) is 0 Å². The molecular formula is C18H28N3O2+. The molecule has 1 aromatic carbocycles. The van der Waals surface area contributed by atoms with Gasteiger partial charge in [0, 0.05) is 18.8 Å². The van der Waals surface area contributed by atoms with Crippen LogP contribution in [0.2, 0.25) is 0 Å². The van der Waals surface area contributed by atoms with Crippen molar-refractivity contribution in [1.82, 2.24) is 4.90 Å². The summed E-state index contributed by atoms with van der Waals surface area (Å²) in [6.45, 7) is 6.61. The second-order valence-corrected chi connectivity index (χ2v) is 6.79. The van der Waals surface area contributed by atoms with Crippen LogP contribution in [0.15, 0.2) is 24.3 Å². The lowest BCUT2D eigenvalue weighted by Gasteiger charge is -2.30. The van der Waals surface area contributed by atoms with Crippen molar-refractivity contribution in [3.8, 4) is 0 Å². The number of quaternary nitrogens is 1. The van der Waals surface area contributed by atoms with E-state index in [0.29, 0.717) is 19.0 Å². The number of aryl methyl sites for hydroxylation is 1. The average Bonchev–Trinajstić information content (AvgIpc) is 2.50. The third kappa shape index (κ3) is 5.67. The molecular weight excluding hydrogens is 290 g/mol. The number of nitrogens with zero attached hydrogens (tertiary/aromatic N) is 1. The van der Waals surface area contributed by atoms with Crippen LogP contribution < -0.4 is 10.2 Å². The molecule has 2 N–H and O–H groups in total. The van der Waals surface area contributed by atoms with Crippen LogP contribution in [0.5, 0.6) is 0 Å². The maximum absolute atomic E-state index is 12.3. The number of amides is 2. The Morgan fingerprint density at radius 3 is 2.39 bits per heavy atom. The van der Waals surface area contributed by atoms with Crippen molar-refractivity contribution in [1.29, 1.82) is 0 Å². The molecule has 5 heteroatoms. The Kier molecular flexibility index (Phi) is 6.16. The van der Waals surface area contributed by atoms with E-state index >= 15 is 0 Å². The first-order chi connectivity index (χ1) is 10.9. The number of anilines is 1. The van der Waals surface area contributed by atoms with Gasteiger partial charge in [-0.15, -0.1) is 0 Å². The minimum atomic E-state index is -0.0635. The molecule has 0 spiro atoms. The summed E-state index contributed by atoms with van der Waals surface area (Å²) in [6, 6.07) is 7.71. The van der Waals surface area contributed by atoms with Crippen molar-refractivity contribution >= 4 is 17.5 Å².